The number of aromatic nitrogens is 1. The Morgan fingerprint density at radius 3 is 2.96 bits per heavy atom. The SMILES string of the molecule is Cc1cc(C2CCCN2C(=O)Cc2ccccc2OC(F)F)no1. The van der Waals surface area contributed by atoms with E-state index in [2.05, 4.69) is 9.89 Å². The molecule has 3 rings (SSSR count). The number of carbonyl (C=O) groups is 1. The molecule has 1 fully saturated rings. The lowest BCUT2D eigenvalue weighted by atomic mass is 10.1. The van der Waals surface area contributed by atoms with E-state index in [9.17, 15) is 13.6 Å². The second kappa shape index (κ2) is 6.98. The summed E-state index contributed by atoms with van der Waals surface area (Å²) in [6.07, 6.45) is 1.70. The standard InChI is InChI=1S/C17H18F2N2O3/c1-11-9-13(20-24-11)14-6-4-8-21(14)16(22)10-12-5-2-3-7-15(12)23-17(18)19/h2-3,5,7,9,14,17H,4,6,8,10H2,1H3. The van der Waals surface area contributed by atoms with Crippen LogP contribution in [0, 0.1) is 6.92 Å². The molecule has 1 atom stereocenters. The molecular weight excluding hydrogens is 318 g/mol. The second-order valence-electron chi connectivity index (χ2n) is 5.77. The van der Waals surface area contributed by atoms with Gasteiger partial charge < -0.3 is 14.2 Å². The summed E-state index contributed by atoms with van der Waals surface area (Å²) in [5.41, 5.74) is 1.18. The fraction of sp³-hybridized carbons (Fsp3) is 0.412. The molecule has 0 saturated carbocycles. The summed E-state index contributed by atoms with van der Waals surface area (Å²) in [6.45, 7) is -0.498. The van der Waals surface area contributed by atoms with Crippen LogP contribution in [0.4, 0.5) is 8.78 Å². The molecule has 0 bridgehead atoms. The lowest BCUT2D eigenvalue weighted by Crippen LogP contribution is -2.32. The van der Waals surface area contributed by atoms with Crippen molar-refractivity contribution < 1.29 is 22.8 Å². The van der Waals surface area contributed by atoms with Crippen LogP contribution in [0.1, 0.15) is 35.9 Å². The second-order valence-corrected chi connectivity index (χ2v) is 5.77. The summed E-state index contributed by atoms with van der Waals surface area (Å²) in [7, 11) is 0. The van der Waals surface area contributed by atoms with Crippen molar-refractivity contribution in [2.24, 2.45) is 0 Å². The fourth-order valence-electron chi connectivity index (χ4n) is 3.04. The zero-order chi connectivity index (χ0) is 17.1. The molecule has 1 amide bonds. The monoisotopic (exact) mass is 336 g/mol. The van der Waals surface area contributed by atoms with Gasteiger partial charge in [0.1, 0.15) is 17.2 Å². The highest BCUT2D eigenvalue weighted by molar-refractivity contribution is 5.80. The van der Waals surface area contributed by atoms with Crippen LogP contribution in [0.2, 0.25) is 0 Å². The first-order valence-electron chi connectivity index (χ1n) is 7.80. The van der Waals surface area contributed by atoms with Crippen molar-refractivity contribution in [3.63, 3.8) is 0 Å². The maximum Gasteiger partial charge on any atom is 0.387 e. The number of para-hydroxylation sites is 1. The molecule has 0 N–H and O–H groups in total. The summed E-state index contributed by atoms with van der Waals surface area (Å²) in [5.74, 6) is 0.595. The number of likely N-dealkylation sites (tertiary alicyclic amines) is 1. The molecule has 128 valence electrons. The molecule has 0 spiro atoms. The molecule has 1 aliphatic heterocycles. The number of hydrogen-bond donors (Lipinski definition) is 0. The first-order valence-corrected chi connectivity index (χ1v) is 7.80. The van der Waals surface area contributed by atoms with E-state index in [1.807, 2.05) is 6.07 Å². The number of carbonyl (C=O) groups excluding carboxylic acids is 1. The van der Waals surface area contributed by atoms with Crippen molar-refractivity contribution in [2.45, 2.75) is 38.8 Å². The van der Waals surface area contributed by atoms with Gasteiger partial charge in [-0.2, -0.15) is 8.78 Å². The third-order valence-electron chi connectivity index (χ3n) is 4.09. The number of benzene rings is 1. The maximum atomic E-state index is 12.7. The first kappa shape index (κ1) is 16.4. The molecular formula is C17H18F2N2O3. The number of aryl methyl sites for hydroxylation is 1. The minimum Gasteiger partial charge on any atom is -0.435 e. The van der Waals surface area contributed by atoms with Crippen LogP contribution in [0.15, 0.2) is 34.9 Å². The third-order valence-corrected chi connectivity index (χ3v) is 4.09. The van der Waals surface area contributed by atoms with Crippen LogP contribution >= 0.6 is 0 Å². The lowest BCUT2D eigenvalue weighted by Gasteiger charge is -2.23. The van der Waals surface area contributed by atoms with E-state index in [4.69, 9.17) is 4.52 Å². The topological polar surface area (TPSA) is 55.6 Å². The van der Waals surface area contributed by atoms with Crippen molar-refractivity contribution in [3.8, 4) is 5.75 Å². The molecule has 1 aromatic heterocycles. The summed E-state index contributed by atoms with van der Waals surface area (Å²) < 4.78 is 34.6. The van der Waals surface area contributed by atoms with Gasteiger partial charge in [-0.3, -0.25) is 4.79 Å². The van der Waals surface area contributed by atoms with Gasteiger partial charge in [-0.15, -0.1) is 0 Å². The van der Waals surface area contributed by atoms with Gasteiger partial charge in [0, 0.05) is 18.2 Å². The lowest BCUT2D eigenvalue weighted by molar-refractivity contribution is -0.131. The average molecular weight is 336 g/mol. The highest BCUT2D eigenvalue weighted by Gasteiger charge is 2.32. The Kier molecular flexibility index (Phi) is 4.78. The molecule has 2 aromatic rings. The Hall–Kier alpha value is -2.44. The predicted octanol–water partition coefficient (Wildman–Crippen LogP) is 3.49. The number of nitrogens with zero attached hydrogens (tertiary/aromatic N) is 2. The molecule has 1 unspecified atom stereocenters. The highest BCUT2D eigenvalue weighted by atomic mass is 19.3. The van der Waals surface area contributed by atoms with Crippen molar-refractivity contribution >= 4 is 5.91 Å². The summed E-state index contributed by atoms with van der Waals surface area (Å²) in [4.78, 5) is 14.4. The van der Waals surface area contributed by atoms with E-state index < -0.39 is 6.61 Å². The minimum atomic E-state index is -2.92. The largest absolute Gasteiger partial charge is 0.435 e. The Morgan fingerprint density at radius 1 is 1.46 bits per heavy atom. The van der Waals surface area contributed by atoms with Gasteiger partial charge >= 0.3 is 6.61 Å². The van der Waals surface area contributed by atoms with Crippen LogP contribution in [0.3, 0.4) is 0 Å². The molecule has 0 radical (unpaired) electrons. The predicted molar refractivity (Wildman–Crippen MR) is 81.7 cm³/mol. The van der Waals surface area contributed by atoms with Gasteiger partial charge in [-0.1, -0.05) is 23.4 Å². The Morgan fingerprint density at radius 2 is 2.25 bits per heavy atom. The maximum absolute atomic E-state index is 12.7. The van der Waals surface area contributed by atoms with Crippen LogP contribution in [-0.2, 0) is 11.2 Å². The van der Waals surface area contributed by atoms with E-state index in [1.54, 1.807) is 30.0 Å². The number of halogens is 2. The third kappa shape index (κ3) is 3.55. The van der Waals surface area contributed by atoms with Gasteiger partial charge in [0.15, 0.2) is 0 Å². The van der Waals surface area contributed by atoms with Crippen LogP contribution in [0.25, 0.3) is 0 Å². The zero-order valence-electron chi connectivity index (χ0n) is 13.2. The van der Waals surface area contributed by atoms with E-state index in [0.717, 1.165) is 18.5 Å². The minimum absolute atomic E-state index is 0.0101. The Bertz CT molecular complexity index is 717. The molecule has 5 nitrogen and oxygen atoms in total. The summed E-state index contributed by atoms with van der Waals surface area (Å²) >= 11 is 0. The van der Waals surface area contributed by atoms with E-state index in [1.165, 1.54) is 6.07 Å². The van der Waals surface area contributed by atoms with E-state index in [0.29, 0.717) is 17.9 Å². The van der Waals surface area contributed by atoms with Crippen molar-refractivity contribution in [1.29, 1.82) is 0 Å². The molecule has 24 heavy (non-hydrogen) atoms. The molecule has 1 aliphatic rings. The van der Waals surface area contributed by atoms with Gasteiger partial charge in [-0.05, 0) is 25.8 Å². The number of rotatable bonds is 5. The molecule has 2 heterocycles. The number of alkyl halides is 2. The van der Waals surface area contributed by atoms with E-state index in [-0.39, 0.29) is 24.1 Å². The molecule has 1 saturated heterocycles. The Labute approximate surface area is 138 Å². The average Bonchev–Trinajstić information content (AvgIpc) is 3.17. The normalized spacial score (nSPS) is 17.5. The first-order chi connectivity index (χ1) is 11.5. The van der Waals surface area contributed by atoms with Gasteiger partial charge in [0.2, 0.25) is 5.91 Å². The van der Waals surface area contributed by atoms with Gasteiger partial charge in [0.05, 0.1) is 12.5 Å². The number of ether oxygens (including phenoxy) is 1. The molecule has 1 aromatic carbocycles. The zero-order valence-corrected chi connectivity index (χ0v) is 13.2. The molecule has 7 heteroatoms. The quantitative estimate of drug-likeness (QED) is 0.839. The van der Waals surface area contributed by atoms with Crippen molar-refractivity contribution in [3.05, 3.63) is 47.3 Å². The van der Waals surface area contributed by atoms with Crippen LogP contribution < -0.4 is 4.74 Å². The highest BCUT2D eigenvalue weighted by Crippen LogP contribution is 2.32. The van der Waals surface area contributed by atoms with Crippen LogP contribution in [-0.4, -0.2) is 29.1 Å². The van der Waals surface area contributed by atoms with Crippen LogP contribution in [0.5, 0.6) is 5.75 Å². The van der Waals surface area contributed by atoms with Gasteiger partial charge in [-0.25, -0.2) is 0 Å². The van der Waals surface area contributed by atoms with E-state index >= 15 is 0 Å². The smallest absolute Gasteiger partial charge is 0.387 e. The fourth-order valence-corrected chi connectivity index (χ4v) is 3.04. The summed E-state index contributed by atoms with van der Waals surface area (Å²) in [5, 5.41) is 4.00. The molecule has 0 aliphatic carbocycles. The van der Waals surface area contributed by atoms with Crippen molar-refractivity contribution in [2.75, 3.05) is 6.54 Å². The number of amides is 1. The van der Waals surface area contributed by atoms with Gasteiger partial charge in [0.25, 0.3) is 0 Å². The number of hydrogen-bond acceptors (Lipinski definition) is 4. The Balaban J connectivity index is 1.75. The summed E-state index contributed by atoms with van der Waals surface area (Å²) in [6, 6.07) is 8.06. The van der Waals surface area contributed by atoms with Crippen molar-refractivity contribution in [1.82, 2.24) is 10.1 Å².